The number of thiophene rings is 1. The third kappa shape index (κ3) is 3.27. The summed E-state index contributed by atoms with van der Waals surface area (Å²) in [6.07, 6.45) is 0. The number of halogens is 2. The topological polar surface area (TPSA) is 29.5 Å². The third-order valence-corrected chi connectivity index (χ3v) is 4.79. The van der Waals surface area contributed by atoms with Crippen molar-refractivity contribution in [2.75, 3.05) is 12.0 Å². The van der Waals surface area contributed by atoms with Crippen molar-refractivity contribution in [1.29, 1.82) is 0 Å². The average Bonchev–Trinajstić information content (AvgIpc) is 2.85. The molecule has 112 valence electrons. The maximum atomic E-state index is 13.9. The van der Waals surface area contributed by atoms with Crippen LogP contribution < -0.4 is 9.64 Å². The molecule has 2 aromatic rings. The van der Waals surface area contributed by atoms with Gasteiger partial charge in [0.05, 0.1) is 7.11 Å². The number of carbonyl (C=O) groups is 1. The Balaban J connectivity index is 2.42. The first-order valence-electron chi connectivity index (χ1n) is 6.35. The van der Waals surface area contributed by atoms with Gasteiger partial charge in [0.25, 0.3) is 5.91 Å². The Morgan fingerprint density at radius 1 is 1.38 bits per heavy atom. The molecule has 0 radical (unpaired) electrons. The fraction of sp³-hybridized carbons (Fsp3) is 0.267. The lowest BCUT2D eigenvalue weighted by Gasteiger charge is -2.27. The molecule has 0 bridgehead atoms. The number of rotatable bonds is 4. The van der Waals surface area contributed by atoms with Gasteiger partial charge in [-0.15, -0.1) is 11.3 Å². The molecule has 0 saturated carbocycles. The van der Waals surface area contributed by atoms with E-state index in [0.29, 0.717) is 10.6 Å². The van der Waals surface area contributed by atoms with Crippen LogP contribution in [-0.4, -0.2) is 19.1 Å². The summed E-state index contributed by atoms with van der Waals surface area (Å²) in [5.74, 6) is -0.484. The maximum absolute atomic E-state index is 13.9. The van der Waals surface area contributed by atoms with Gasteiger partial charge in [-0.1, -0.05) is 0 Å². The van der Waals surface area contributed by atoms with E-state index in [1.807, 2.05) is 25.3 Å². The molecule has 0 aliphatic heterocycles. The standard InChI is InChI=1S/C15H15BrFNO2S/c1-9(2)18(15(19)14-11(16)6-7-21-14)10-4-5-13(20-3)12(17)8-10/h4-9H,1-3H3. The zero-order valence-electron chi connectivity index (χ0n) is 11.9. The van der Waals surface area contributed by atoms with E-state index in [2.05, 4.69) is 15.9 Å². The van der Waals surface area contributed by atoms with Gasteiger partial charge in [-0.05, 0) is 53.4 Å². The first-order valence-corrected chi connectivity index (χ1v) is 8.03. The molecule has 1 amide bonds. The largest absolute Gasteiger partial charge is 0.494 e. The summed E-state index contributed by atoms with van der Waals surface area (Å²) in [5, 5.41) is 1.84. The predicted molar refractivity (Wildman–Crippen MR) is 86.9 cm³/mol. The van der Waals surface area contributed by atoms with Gasteiger partial charge in [-0.2, -0.15) is 0 Å². The van der Waals surface area contributed by atoms with E-state index >= 15 is 0 Å². The molecule has 0 N–H and O–H groups in total. The number of hydrogen-bond donors (Lipinski definition) is 0. The van der Waals surface area contributed by atoms with Gasteiger partial charge in [0.2, 0.25) is 0 Å². The lowest BCUT2D eigenvalue weighted by Crippen LogP contribution is -2.36. The molecule has 0 spiro atoms. The fourth-order valence-electron chi connectivity index (χ4n) is 2.01. The monoisotopic (exact) mass is 371 g/mol. The van der Waals surface area contributed by atoms with Crippen molar-refractivity contribution < 1.29 is 13.9 Å². The average molecular weight is 372 g/mol. The Morgan fingerprint density at radius 2 is 2.10 bits per heavy atom. The highest BCUT2D eigenvalue weighted by atomic mass is 79.9. The molecule has 0 unspecified atom stereocenters. The molecular formula is C15H15BrFNO2S. The van der Waals surface area contributed by atoms with Crippen LogP contribution in [0.25, 0.3) is 0 Å². The van der Waals surface area contributed by atoms with Crippen molar-refractivity contribution in [2.24, 2.45) is 0 Å². The Labute approximate surface area is 135 Å². The van der Waals surface area contributed by atoms with Crippen LogP contribution in [0, 0.1) is 5.82 Å². The lowest BCUT2D eigenvalue weighted by molar-refractivity contribution is 0.0983. The van der Waals surface area contributed by atoms with Crippen LogP contribution in [0.15, 0.2) is 34.1 Å². The molecule has 21 heavy (non-hydrogen) atoms. The fourth-order valence-corrected chi connectivity index (χ4v) is 3.49. The van der Waals surface area contributed by atoms with Crippen LogP contribution in [0.3, 0.4) is 0 Å². The first kappa shape index (κ1) is 16.0. The molecule has 1 aromatic heterocycles. The summed E-state index contributed by atoms with van der Waals surface area (Å²) in [5.41, 5.74) is 0.508. The summed E-state index contributed by atoms with van der Waals surface area (Å²) >= 11 is 4.72. The number of methoxy groups -OCH3 is 1. The Morgan fingerprint density at radius 3 is 2.57 bits per heavy atom. The summed E-state index contributed by atoms with van der Waals surface area (Å²) in [6, 6.07) is 6.25. The highest BCUT2D eigenvalue weighted by Crippen LogP contribution is 2.30. The molecule has 1 aromatic carbocycles. The van der Waals surface area contributed by atoms with Gasteiger partial charge in [0, 0.05) is 22.3 Å². The van der Waals surface area contributed by atoms with E-state index in [1.165, 1.54) is 30.6 Å². The molecule has 1 heterocycles. The van der Waals surface area contributed by atoms with Crippen molar-refractivity contribution in [3.05, 3.63) is 44.8 Å². The summed E-state index contributed by atoms with van der Waals surface area (Å²) < 4.78 is 19.5. The Bertz CT molecular complexity index is 657. The summed E-state index contributed by atoms with van der Waals surface area (Å²) in [7, 11) is 1.41. The van der Waals surface area contributed by atoms with Crippen molar-refractivity contribution >= 4 is 38.9 Å². The quantitative estimate of drug-likeness (QED) is 0.778. The minimum absolute atomic E-state index is 0.0979. The minimum atomic E-state index is -0.487. The number of amides is 1. The molecule has 0 fully saturated rings. The molecule has 0 atom stereocenters. The zero-order chi connectivity index (χ0) is 15.6. The highest BCUT2D eigenvalue weighted by Gasteiger charge is 2.24. The van der Waals surface area contributed by atoms with Crippen LogP contribution in [0.5, 0.6) is 5.75 Å². The molecule has 0 aliphatic rings. The number of benzene rings is 1. The lowest BCUT2D eigenvalue weighted by atomic mass is 10.2. The maximum Gasteiger partial charge on any atom is 0.269 e. The number of carbonyl (C=O) groups excluding carboxylic acids is 1. The number of anilines is 1. The second-order valence-corrected chi connectivity index (χ2v) is 6.46. The second kappa shape index (κ2) is 6.58. The van der Waals surface area contributed by atoms with E-state index < -0.39 is 5.82 Å². The van der Waals surface area contributed by atoms with E-state index in [9.17, 15) is 9.18 Å². The summed E-state index contributed by atoms with van der Waals surface area (Å²) in [6.45, 7) is 3.78. The van der Waals surface area contributed by atoms with E-state index in [-0.39, 0.29) is 17.7 Å². The molecule has 0 aliphatic carbocycles. The van der Waals surface area contributed by atoms with Crippen molar-refractivity contribution in [3.8, 4) is 5.75 Å². The predicted octanol–water partition coefficient (Wildman–Crippen LogP) is 4.71. The van der Waals surface area contributed by atoms with Crippen LogP contribution in [0.4, 0.5) is 10.1 Å². The second-order valence-electron chi connectivity index (χ2n) is 4.69. The normalized spacial score (nSPS) is 10.8. The van der Waals surface area contributed by atoms with Crippen LogP contribution >= 0.6 is 27.3 Å². The van der Waals surface area contributed by atoms with Crippen molar-refractivity contribution in [3.63, 3.8) is 0 Å². The van der Waals surface area contributed by atoms with E-state index in [1.54, 1.807) is 11.0 Å². The SMILES string of the molecule is COc1ccc(N(C(=O)c2sccc2Br)C(C)C)cc1F. The van der Waals surface area contributed by atoms with Gasteiger partial charge in [0.1, 0.15) is 4.88 Å². The van der Waals surface area contributed by atoms with Gasteiger partial charge >= 0.3 is 0 Å². The Hall–Kier alpha value is -1.40. The van der Waals surface area contributed by atoms with E-state index in [4.69, 9.17) is 4.74 Å². The number of nitrogens with zero attached hydrogens (tertiary/aromatic N) is 1. The van der Waals surface area contributed by atoms with Crippen molar-refractivity contribution in [1.82, 2.24) is 0 Å². The number of ether oxygens (including phenoxy) is 1. The third-order valence-electron chi connectivity index (χ3n) is 2.96. The van der Waals surface area contributed by atoms with Gasteiger partial charge in [-0.25, -0.2) is 4.39 Å². The van der Waals surface area contributed by atoms with Crippen molar-refractivity contribution in [2.45, 2.75) is 19.9 Å². The molecule has 3 nitrogen and oxygen atoms in total. The van der Waals surface area contributed by atoms with Crippen LogP contribution in [0.2, 0.25) is 0 Å². The zero-order valence-corrected chi connectivity index (χ0v) is 14.3. The smallest absolute Gasteiger partial charge is 0.269 e. The summed E-state index contributed by atoms with van der Waals surface area (Å²) in [4.78, 5) is 14.9. The Kier molecular flexibility index (Phi) is 5.00. The molecule has 2 rings (SSSR count). The van der Waals surface area contributed by atoms with Gasteiger partial charge < -0.3 is 9.64 Å². The molecular weight excluding hydrogens is 357 g/mol. The van der Waals surface area contributed by atoms with Crippen LogP contribution in [-0.2, 0) is 0 Å². The van der Waals surface area contributed by atoms with E-state index in [0.717, 1.165) is 4.47 Å². The highest BCUT2D eigenvalue weighted by molar-refractivity contribution is 9.10. The van der Waals surface area contributed by atoms with Crippen LogP contribution in [0.1, 0.15) is 23.5 Å². The van der Waals surface area contributed by atoms with Gasteiger partial charge in [0.15, 0.2) is 11.6 Å². The number of hydrogen-bond acceptors (Lipinski definition) is 3. The first-order chi connectivity index (χ1) is 9.95. The minimum Gasteiger partial charge on any atom is -0.494 e. The van der Waals surface area contributed by atoms with Gasteiger partial charge in [-0.3, -0.25) is 4.79 Å². The molecule has 6 heteroatoms. The molecule has 0 saturated heterocycles.